The first-order chi connectivity index (χ1) is 10.3. The number of hydrogen-bond acceptors (Lipinski definition) is 3. The van der Waals surface area contributed by atoms with Gasteiger partial charge in [0, 0.05) is 29.3 Å². The van der Waals surface area contributed by atoms with E-state index in [0.29, 0.717) is 0 Å². The highest BCUT2D eigenvalue weighted by Gasteiger charge is 2.30. The largest absolute Gasteiger partial charge is 0.281 e. The van der Waals surface area contributed by atoms with E-state index in [1.165, 1.54) is 16.8 Å². The Bertz CT molecular complexity index is 787. The zero-order valence-corrected chi connectivity index (χ0v) is 12.5. The topological polar surface area (TPSA) is 41.6 Å². The Labute approximate surface area is 127 Å². The molecule has 0 amide bonds. The predicted octanol–water partition coefficient (Wildman–Crippen LogP) is 4.06. The third-order valence-corrected chi connectivity index (χ3v) is 4.92. The van der Waals surface area contributed by atoms with Gasteiger partial charge in [0.05, 0.1) is 10.4 Å². The maximum Gasteiger partial charge on any atom is 0.111 e. The molecule has 1 atom stereocenters. The molecule has 21 heavy (non-hydrogen) atoms. The van der Waals surface area contributed by atoms with Gasteiger partial charge in [-0.3, -0.25) is 10.1 Å². The molecule has 1 aliphatic carbocycles. The smallest absolute Gasteiger partial charge is 0.111 e. The summed E-state index contributed by atoms with van der Waals surface area (Å²) in [5.74, 6) is 0. The number of aromatic amines is 1. The Hall–Kier alpha value is -2.20. The van der Waals surface area contributed by atoms with Crippen LogP contribution in [0.25, 0.3) is 16.6 Å². The molecule has 1 aromatic carbocycles. The second-order valence-electron chi connectivity index (χ2n) is 5.62. The van der Waals surface area contributed by atoms with Crippen LogP contribution in [0.15, 0.2) is 48.1 Å². The first kappa shape index (κ1) is 12.5. The summed E-state index contributed by atoms with van der Waals surface area (Å²) in [6.45, 7) is 2.27. The van der Waals surface area contributed by atoms with E-state index in [1.54, 1.807) is 11.3 Å². The predicted molar refractivity (Wildman–Crippen MR) is 86.2 cm³/mol. The van der Waals surface area contributed by atoms with Crippen LogP contribution in [0.1, 0.15) is 23.7 Å². The molecule has 3 nitrogen and oxygen atoms in total. The molecule has 4 rings (SSSR count). The van der Waals surface area contributed by atoms with E-state index >= 15 is 0 Å². The van der Waals surface area contributed by atoms with Crippen LogP contribution in [0.4, 0.5) is 0 Å². The van der Waals surface area contributed by atoms with Crippen molar-refractivity contribution in [3.63, 3.8) is 0 Å². The summed E-state index contributed by atoms with van der Waals surface area (Å²) in [6, 6.07) is 10.6. The van der Waals surface area contributed by atoms with E-state index in [2.05, 4.69) is 64.6 Å². The van der Waals surface area contributed by atoms with Crippen LogP contribution in [-0.2, 0) is 11.8 Å². The number of rotatable bonds is 2. The number of aromatic nitrogens is 3. The number of allylic oxidation sites excluding steroid dienone is 1. The number of nitrogens with one attached hydrogen (secondary N) is 1. The average Bonchev–Trinajstić information content (AvgIpc) is 3.16. The fourth-order valence-corrected chi connectivity index (χ4v) is 3.56. The minimum atomic E-state index is 0.0196. The standard InChI is InChI=1S/C17H15N3S/c1-17(12-5-3-2-4-6-12)8-7-13-14(9-17)19-20-16(13)15-10-18-11-21-15/h2-8,10-11H,9H2,1H3,(H,19,20). The summed E-state index contributed by atoms with van der Waals surface area (Å²) in [4.78, 5) is 5.26. The number of fused-ring (bicyclic) bond motifs is 1. The molecule has 1 N–H and O–H groups in total. The molecule has 0 saturated heterocycles. The van der Waals surface area contributed by atoms with E-state index in [9.17, 15) is 0 Å². The van der Waals surface area contributed by atoms with Crippen molar-refractivity contribution in [2.24, 2.45) is 0 Å². The molecule has 4 heteroatoms. The molecule has 2 aromatic heterocycles. The molecule has 0 aliphatic heterocycles. The molecule has 0 radical (unpaired) electrons. The Morgan fingerprint density at radius 2 is 2.10 bits per heavy atom. The Balaban J connectivity index is 1.76. The lowest BCUT2D eigenvalue weighted by Gasteiger charge is -2.29. The molecular weight excluding hydrogens is 278 g/mol. The Morgan fingerprint density at radius 3 is 2.86 bits per heavy atom. The highest BCUT2D eigenvalue weighted by atomic mass is 32.1. The van der Waals surface area contributed by atoms with Gasteiger partial charge in [-0.15, -0.1) is 11.3 Å². The maximum absolute atomic E-state index is 4.49. The van der Waals surface area contributed by atoms with Crippen LogP contribution in [0.2, 0.25) is 0 Å². The second kappa shape index (κ2) is 4.67. The summed E-state index contributed by atoms with van der Waals surface area (Å²) >= 11 is 1.62. The fourth-order valence-electron chi connectivity index (χ4n) is 2.93. The minimum Gasteiger partial charge on any atom is -0.281 e. The van der Waals surface area contributed by atoms with Gasteiger partial charge in [-0.05, 0) is 5.56 Å². The lowest BCUT2D eigenvalue weighted by Crippen LogP contribution is -2.25. The highest BCUT2D eigenvalue weighted by molar-refractivity contribution is 7.13. The van der Waals surface area contributed by atoms with Gasteiger partial charge in [0.15, 0.2) is 0 Å². The van der Waals surface area contributed by atoms with Crippen LogP contribution < -0.4 is 0 Å². The third kappa shape index (κ3) is 2.03. The zero-order valence-electron chi connectivity index (χ0n) is 11.7. The van der Waals surface area contributed by atoms with Gasteiger partial charge in [0.25, 0.3) is 0 Å². The summed E-state index contributed by atoms with van der Waals surface area (Å²) in [7, 11) is 0. The summed E-state index contributed by atoms with van der Waals surface area (Å²) in [5, 5.41) is 7.71. The van der Waals surface area contributed by atoms with Crippen molar-refractivity contribution in [1.82, 2.24) is 15.2 Å². The van der Waals surface area contributed by atoms with Crippen molar-refractivity contribution in [2.45, 2.75) is 18.8 Å². The van der Waals surface area contributed by atoms with Crippen LogP contribution in [-0.4, -0.2) is 15.2 Å². The van der Waals surface area contributed by atoms with E-state index in [-0.39, 0.29) is 5.41 Å². The molecule has 0 fully saturated rings. The molecule has 0 bridgehead atoms. The number of hydrogen-bond donors (Lipinski definition) is 1. The first-order valence-corrected chi connectivity index (χ1v) is 7.85. The van der Waals surface area contributed by atoms with Gasteiger partial charge in [-0.1, -0.05) is 49.4 Å². The lowest BCUT2D eigenvalue weighted by molar-refractivity contribution is 0.577. The number of thiazole rings is 1. The highest BCUT2D eigenvalue weighted by Crippen LogP contribution is 2.38. The minimum absolute atomic E-state index is 0.0196. The molecular formula is C17H15N3S. The van der Waals surface area contributed by atoms with Gasteiger partial charge < -0.3 is 0 Å². The third-order valence-electron chi connectivity index (χ3n) is 4.14. The summed E-state index contributed by atoms with van der Waals surface area (Å²) in [6.07, 6.45) is 7.31. The number of nitrogens with zero attached hydrogens (tertiary/aromatic N) is 2. The van der Waals surface area contributed by atoms with Crippen LogP contribution >= 0.6 is 11.3 Å². The van der Waals surface area contributed by atoms with Crippen molar-refractivity contribution < 1.29 is 0 Å². The van der Waals surface area contributed by atoms with E-state index < -0.39 is 0 Å². The van der Waals surface area contributed by atoms with Crippen LogP contribution in [0, 0.1) is 0 Å². The van der Waals surface area contributed by atoms with Crippen molar-refractivity contribution in [3.05, 3.63) is 64.9 Å². The van der Waals surface area contributed by atoms with Crippen molar-refractivity contribution in [2.75, 3.05) is 0 Å². The van der Waals surface area contributed by atoms with Crippen molar-refractivity contribution in [3.8, 4) is 10.6 Å². The van der Waals surface area contributed by atoms with E-state index in [0.717, 1.165) is 17.0 Å². The maximum atomic E-state index is 4.49. The Kier molecular flexibility index (Phi) is 2.79. The molecule has 0 spiro atoms. The first-order valence-electron chi connectivity index (χ1n) is 6.97. The van der Waals surface area contributed by atoms with Crippen molar-refractivity contribution >= 4 is 17.4 Å². The summed E-state index contributed by atoms with van der Waals surface area (Å²) in [5.41, 5.74) is 6.61. The second-order valence-corrected chi connectivity index (χ2v) is 6.51. The van der Waals surface area contributed by atoms with Crippen LogP contribution in [0.3, 0.4) is 0 Å². The zero-order chi connectivity index (χ0) is 14.3. The molecule has 1 unspecified atom stereocenters. The lowest BCUT2D eigenvalue weighted by atomic mass is 9.75. The quantitative estimate of drug-likeness (QED) is 0.774. The normalized spacial score (nSPS) is 20.4. The molecule has 3 aromatic rings. The molecule has 2 heterocycles. The fraction of sp³-hybridized carbons (Fsp3) is 0.176. The van der Waals surface area contributed by atoms with Gasteiger partial charge in [-0.25, -0.2) is 0 Å². The monoisotopic (exact) mass is 293 g/mol. The molecule has 104 valence electrons. The van der Waals surface area contributed by atoms with Crippen molar-refractivity contribution in [1.29, 1.82) is 0 Å². The molecule has 1 aliphatic rings. The van der Waals surface area contributed by atoms with E-state index in [1.807, 2.05) is 11.7 Å². The van der Waals surface area contributed by atoms with E-state index in [4.69, 9.17) is 0 Å². The summed E-state index contributed by atoms with van der Waals surface area (Å²) < 4.78 is 0. The van der Waals surface area contributed by atoms with Gasteiger partial charge in [-0.2, -0.15) is 5.10 Å². The Morgan fingerprint density at radius 1 is 1.24 bits per heavy atom. The SMILES string of the molecule is CC1(c2ccccc2)C=Cc2c(-c3cncs3)n[nH]c2C1. The number of benzene rings is 1. The van der Waals surface area contributed by atoms with Gasteiger partial charge in [0.2, 0.25) is 0 Å². The molecule has 0 saturated carbocycles. The number of H-pyrrole nitrogens is 1. The van der Waals surface area contributed by atoms with Gasteiger partial charge in [0.1, 0.15) is 5.69 Å². The van der Waals surface area contributed by atoms with Crippen LogP contribution in [0.5, 0.6) is 0 Å². The van der Waals surface area contributed by atoms with Gasteiger partial charge >= 0.3 is 0 Å². The average molecular weight is 293 g/mol.